The lowest BCUT2D eigenvalue weighted by Crippen LogP contribution is -2.32. The smallest absolute Gasteiger partial charge is 0.0447 e. The Morgan fingerprint density at radius 1 is 1.33 bits per heavy atom. The van der Waals surface area contributed by atoms with Crippen LogP contribution < -0.4 is 10.2 Å². The van der Waals surface area contributed by atoms with Crippen LogP contribution in [0.25, 0.3) is 0 Å². The predicted molar refractivity (Wildman–Crippen MR) is 78.1 cm³/mol. The summed E-state index contributed by atoms with van der Waals surface area (Å²) >= 11 is 0. The number of nitrogens with one attached hydrogen (secondary N) is 1. The molecule has 2 N–H and O–H groups in total. The van der Waals surface area contributed by atoms with Crippen LogP contribution in [0.3, 0.4) is 0 Å². The van der Waals surface area contributed by atoms with Gasteiger partial charge in [0.15, 0.2) is 0 Å². The van der Waals surface area contributed by atoms with E-state index in [4.69, 9.17) is 5.11 Å². The maximum atomic E-state index is 8.98. The van der Waals surface area contributed by atoms with Gasteiger partial charge in [-0.05, 0) is 57.5 Å². The Balaban J connectivity index is 2.88. The number of benzene rings is 1. The standard InChI is InChI=1S/C15H26N2O/c1-12(2)17(8-5-9-18)15-7-6-14(11-16-4)13(3)10-15/h6-7,10,12,16,18H,5,8-9,11H2,1-4H3. The highest BCUT2D eigenvalue weighted by Crippen LogP contribution is 2.21. The molecule has 0 saturated heterocycles. The van der Waals surface area contributed by atoms with E-state index in [2.05, 4.69) is 49.2 Å². The Hall–Kier alpha value is -1.06. The fourth-order valence-electron chi connectivity index (χ4n) is 2.17. The van der Waals surface area contributed by atoms with E-state index in [1.165, 1.54) is 16.8 Å². The maximum absolute atomic E-state index is 8.98. The second-order valence-corrected chi connectivity index (χ2v) is 5.01. The molecule has 102 valence electrons. The van der Waals surface area contributed by atoms with Crippen molar-refractivity contribution in [2.75, 3.05) is 25.1 Å². The zero-order chi connectivity index (χ0) is 13.5. The van der Waals surface area contributed by atoms with Crippen molar-refractivity contribution in [3.05, 3.63) is 29.3 Å². The van der Waals surface area contributed by atoms with E-state index in [9.17, 15) is 0 Å². The highest BCUT2D eigenvalue weighted by Gasteiger charge is 2.11. The van der Waals surface area contributed by atoms with Gasteiger partial charge in [-0.2, -0.15) is 0 Å². The Labute approximate surface area is 111 Å². The van der Waals surface area contributed by atoms with E-state index >= 15 is 0 Å². The fourth-order valence-corrected chi connectivity index (χ4v) is 2.17. The van der Waals surface area contributed by atoms with Gasteiger partial charge in [-0.15, -0.1) is 0 Å². The number of anilines is 1. The summed E-state index contributed by atoms with van der Waals surface area (Å²) in [5.74, 6) is 0. The Bertz CT molecular complexity index is 364. The first kappa shape index (κ1) is 15.0. The number of aliphatic hydroxyl groups is 1. The van der Waals surface area contributed by atoms with Gasteiger partial charge in [0.1, 0.15) is 0 Å². The van der Waals surface area contributed by atoms with Crippen LogP contribution in [0.15, 0.2) is 18.2 Å². The first-order valence-corrected chi connectivity index (χ1v) is 6.71. The van der Waals surface area contributed by atoms with Gasteiger partial charge in [0.25, 0.3) is 0 Å². The van der Waals surface area contributed by atoms with Crippen molar-refractivity contribution in [1.82, 2.24) is 5.32 Å². The summed E-state index contributed by atoms with van der Waals surface area (Å²) in [6.45, 7) is 8.59. The van der Waals surface area contributed by atoms with Gasteiger partial charge in [-0.1, -0.05) is 6.07 Å². The van der Waals surface area contributed by atoms with Crippen LogP contribution in [-0.2, 0) is 6.54 Å². The van der Waals surface area contributed by atoms with Crippen LogP contribution in [0, 0.1) is 6.92 Å². The predicted octanol–water partition coefficient (Wildman–Crippen LogP) is 2.31. The lowest BCUT2D eigenvalue weighted by atomic mass is 10.1. The van der Waals surface area contributed by atoms with Crippen LogP contribution >= 0.6 is 0 Å². The molecule has 3 nitrogen and oxygen atoms in total. The fraction of sp³-hybridized carbons (Fsp3) is 0.600. The number of aryl methyl sites for hydroxylation is 1. The average molecular weight is 250 g/mol. The molecule has 3 heteroatoms. The molecular weight excluding hydrogens is 224 g/mol. The van der Waals surface area contributed by atoms with Gasteiger partial charge in [-0.3, -0.25) is 0 Å². The first-order valence-electron chi connectivity index (χ1n) is 6.71. The second kappa shape index (κ2) is 7.39. The summed E-state index contributed by atoms with van der Waals surface area (Å²) in [7, 11) is 1.97. The topological polar surface area (TPSA) is 35.5 Å². The lowest BCUT2D eigenvalue weighted by Gasteiger charge is -2.29. The Kier molecular flexibility index (Phi) is 6.16. The molecule has 1 rings (SSSR count). The molecule has 0 saturated carbocycles. The van der Waals surface area contributed by atoms with Gasteiger partial charge < -0.3 is 15.3 Å². The third kappa shape index (κ3) is 4.00. The minimum atomic E-state index is 0.250. The molecule has 0 radical (unpaired) electrons. The normalized spacial score (nSPS) is 11.0. The molecule has 0 bridgehead atoms. The SMILES string of the molecule is CNCc1ccc(N(CCCO)C(C)C)cc1C. The summed E-state index contributed by atoms with van der Waals surface area (Å²) in [6, 6.07) is 7.06. The molecule has 1 aromatic carbocycles. The van der Waals surface area contributed by atoms with Crippen LogP contribution in [-0.4, -0.2) is 31.3 Å². The minimum Gasteiger partial charge on any atom is -0.396 e. The quantitative estimate of drug-likeness (QED) is 0.779. The van der Waals surface area contributed by atoms with Crippen molar-refractivity contribution >= 4 is 5.69 Å². The summed E-state index contributed by atoms with van der Waals surface area (Å²) in [4.78, 5) is 2.34. The molecule has 0 unspecified atom stereocenters. The van der Waals surface area contributed by atoms with Crippen molar-refractivity contribution in [1.29, 1.82) is 0 Å². The van der Waals surface area contributed by atoms with E-state index in [1.54, 1.807) is 0 Å². The van der Waals surface area contributed by atoms with Crippen LogP contribution in [0.5, 0.6) is 0 Å². The Morgan fingerprint density at radius 3 is 2.56 bits per heavy atom. The summed E-state index contributed by atoms with van der Waals surface area (Å²) in [6.07, 6.45) is 0.815. The molecule has 0 aliphatic carbocycles. The molecular formula is C15H26N2O. The second-order valence-electron chi connectivity index (χ2n) is 5.01. The molecule has 0 amide bonds. The number of aliphatic hydroxyl groups excluding tert-OH is 1. The minimum absolute atomic E-state index is 0.250. The molecule has 18 heavy (non-hydrogen) atoms. The largest absolute Gasteiger partial charge is 0.396 e. The maximum Gasteiger partial charge on any atom is 0.0447 e. The average Bonchev–Trinajstić information content (AvgIpc) is 2.32. The number of hydrogen-bond acceptors (Lipinski definition) is 3. The highest BCUT2D eigenvalue weighted by molar-refractivity contribution is 5.51. The molecule has 0 heterocycles. The van der Waals surface area contributed by atoms with E-state index < -0.39 is 0 Å². The van der Waals surface area contributed by atoms with Crippen molar-refractivity contribution in [3.8, 4) is 0 Å². The van der Waals surface area contributed by atoms with Gasteiger partial charge >= 0.3 is 0 Å². The number of nitrogens with zero attached hydrogens (tertiary/aromatic N) is 1. The number of rotatable bonds is 7. The molecule has 0 atom stereocenters. The third-order valence-corrected chi connectivity index (χ3v) is 3.21. The van der Waals surface area contributed by atoms with Gasteiger partial charge in [-0.25, -0.2) is 0 Å². The van der Waals surface area contributed by atoms with Crippen LogP contribution in [0.2, 0.25) is 0 Å². The third-order valence-electron chi connectivity index (χ3n) is 3.21. The van der Waals surface area contributed by atoms with Crippen molar-refractivity contribution in [3.63, 3.8) is 0 Å². The van der Waals surface area contributed by atoms with Gasteiger partial charge in [0.2, 0.25) is 0 Å². The summed E-state index contributed by atoms with van der Waals surface area (Å²) < 4.78 is 0. The molecule has 0 aliphatic heterocycles. The van der Waals surface area contributed by atoms with E-state index in [-0.39, 0.29) is 6.61 Å². The van der Waals surface area contributed by atoms with Crippen LogP contribution in [0.4, 0.5) is 5.69 Å². The van der Waals surface area contributed by atoms with E-state index in [0.717, 1.165) is 19.5 Å². The molecule has 1 aromatic rings. The monoisotopic (exact) mass is 250 g/mol. The van der Waals surface area contributed by atoms with Crippen molar-refractivity contribution < 1.29 is 5.11 Å². The van der Waals surface area contributed by atoms with Crippen molar-refractivity contribution in [2.45, 2.75) is 39.8 Å². The summed E-state index contributed by atoms with van der Waals surface area (Å²) in [5.41, 5.74) is 3.90. The van der Waals surface area contributed by atoms with Crippen molar-refractivity contribution in [2.24, 2.45) is 0 Å². The van der Waals surface area contributed by atoms with Gasteiger partial charge in [0.05, 0.1) is 0 Å². The van der Waals surface area contributed by atoms with Crippen LogP contribution in [0.1, 0.15) is 31.4 Å². The highest BCUT2D eigenvalue weighted by atomic mass is 16.3. The zero-order valence-corrected chi connectivity index (χ0v) is 12.0. The van der Waals surface area contributed by atoms with Gasteiger partial charge in [0, 0.05) is 31.4 Å². The molecule has 0 fully saturated rings. The Morgan fingerprint density at radius 2 is 2.06 bits per heavy atom. The lowest BCUT2D eigenvalue weighted by molar-refractivity contribution is 0.288. The summed E-state index contributed by atoms with van der Waals surface area (Å²) in [5, 5.41) is 12.2. The number of hydrogen-bond donors (Lipinski definition) is 2. The molecule has 0 spiro atoms. The molecule has 0 aliphatic rings. The molecule has 0 aromatic heterocycles. The first-order chi connectivity index (χ1) is 8.60. The van der Waals surface area contributed by atoms with E-state index in [0.29, 0.717) is 6.04 Å². The van der Waals surface area contributed by atoms with E-state index in [1.807, 2.05) is 7.05 Å². The zero-order valence-electron chi connectivity index (χ0n) is 12.0.